The number of carbonyl (C=O) groups excluding carboxylic acids is 1. The highest BCUT2D eigenvalue weighted by atomic mass is 35.5. The Morgan fingerprint density at radius 3 is 2.79 bits per heavy atom. The van der Waals surface area contributed by atoms with E-state index in [2.05, 4.69) is 29.0 Å². The van der Waals surface area contributed by atoms with Gasteiger partial charge in [-0.2, -0.15) is 0 Å². The maximum Gasteiger partial charge on any atom is 0.238 e. The van der Waals surface area contributed by atoms with Gasteiger partial charge < -0.3 is 5.32 Å². The van der Waals surface area contributed by atoms with Gasteiger partial charge in [0.1, 0.15) is 0 Å². The summed E-state index contributed by atoms with van der Waals surface area (Å²) in [6, 6.07) is 3.52. The maximum atomic E-state index is 12.0. The van der Waals surface area contributed by atoms with E-state index in [0.717, 1.165) is 13.1 Å². The highest BCUT2D eigenvalue weighted by Gasteiger charge is 2.23. The average molecular weight is 282 g/mol. The first-order chi connectivity index (χ1) is 9.04. The van der Waals surface area contributed by atoms with E-state index in [4.69, 9.17) is 11.6 Å². The van der Waals surface area contributed by atoms with E-state index in [0.29, 0.717) is 29.2 Å². The molecule has 0 spiro atoms. The minimum atomic E-state index is -0.0313. The van der Waals surface area contributed by atoms with Crippen molar-refractivity contribution in [3.05, 3.63) is 23.5 Å². The largest absolute Gasteiger partial charge is 0.322 e. The molecule has 4 nitrogen and oxygen atoms in total. The third-order valence-electron chi connectivity index (χ3n) is 3.34. The number of aromatic nitrogens is 1. The first-order valence-corrected chi connectivity index (χ1v) is 7.05. The summed E-state index contributed by atoms with van der Waals surface area (Å²) in [5.41, 5.74) is 0.576. The van der Waals surface area contributed by atoms with Gasteiger partial charge in [-0.15, -0.1) is 0 Å². The fraction of sp³-hybridized carbons (Fsp3) is 0.571. The van der Waals surface area contributed by atoms with E-state index < -0.39 is 0 Å². The molecule has 1 fully saturated rings. The summed E-state index contributed by atoms with van der Waals surface area (Å²) in [5, 5.41) is 3.14. The fourth-order valence-corrected chi connectivity index (χ4v) is 2.96. The summed E-state index contributed by atoms with van der Waals surface area (Å²) in [4.78, 5) is 18.2. The number of likely N-dealkylation sites (tertiary alicyclic amines) is 1. The van der Waals surface area contributed by atoms with Crippen LogP contribution in [0.1, 0.15) is 20.3 Å². The SMILES string of the molecule is CC1CC(C)CN(CC(=O)Nc2cccnc2Cl)C1. The predicted molar refractivity (Wildman–Crippen MR) is 77.3 cm³/mol. The van der Waals surface area contributed by atoms with Crippen LogP contribution in [0.15, 0.2) is 18.3 Å². The van der Waals surface area contributed by atoms with Crippen molar-refractivity contribution in [2.45, 2.75) is 20.3 Å². The lowest BCUT2D eigenvalue weighted by molar-refractivity contribution is -0.117. The van der Waals surface area contributed by atoms with Crippen LogP contribution in [0, 0.1) is 11.8 Å². The van der Waals surface area contributed by atoms with Crippen molar-refractivity contribution in [1.29, 1.82) is 0 Å². The van der Waals surface area contributed by atoms with Gasteiger partial charge in [0.15, 0.2) is 5.15 Å². The number of nitrogens with one attached hydrogen (secondary N) is 1. The molecule has 1 aromatic rings. The smallest absolute Gasteiger partial charge is 0.238 e. The Morgan fingerprint density at radius 1 is 1.47 bits per heavy atom. The minimum Gasteiger partial charge on any atom is -0.322 e. The number of pyridine rings is 1. The summed E-state index contributed by atoms with van der Waals surface area (Å²) in [5.74, 6) is 1.27. The van der Waals surface area contributed by atoms with Crippen LogP contribution in [0.25, 0.3) is 0 Å². The van der Waals surface area contributed by atoms with E-state index in [1.54, 1.807) is 18.3 Å². The summed E-state index contributed by atoms with van der Waals surface area (Å²) in [6.07, 6.45) is 2.85. The Kier molecular flexibility index (Phi) is 4.77. The van der Waals surface area contributed by atoms with E-state index in [9.17, 15) is 4.79 Å². The molecule has 1 aliphatic rings. The molecule has 1 aromatic heterocycles. The molecule has 0 aliphatic carbocycles. The number of halogens is 1. The average Bonchev–Trinajstić information content (AvgIpc) is 2.30. The van der Waals surface area contributed by atoms with Gasteiger partial charge in [-0.1, -0.05) is 25.4 Å². The number of carbonyl (C=O) groups is 1. The van der Waals surface area contributed by atoms with Gasteiger partial charge in [-0.05, 0) is 30.4 Å². The van der Waals surface area contributed by atoms with Crippen LogP contribution in [-0.2, 0) is 4.79 Å². The molecule has 1 saturated heterocycles. The van der Waals surface area contributed by atoms with Crippen LogP contribution in [0.4, 0.5) is 5.69 Å². The van der Waals surface area contributed by atoms with Gasteiger partial charge in [0.2, 0.25) is 5.91 Å². The molecule has 2 unspecified atom stereocenters. The molecule has 19 heavy (non-hydrogen) atoms. The second-order valence-electron chi connectivity index (χ2n) is 5.53. The second-order valence-corrected chi connectivity index (χ2v) is 5.89. The van der Waals surface area contributed by atoms with Gasteiger partial charge >= 0.3 is 0 Å². The summed E-state index contributed by atoms with van der Waals surface area (Å²) < 4.78 is 0. The molecule has 1 aliphatic heterocycles. The Morgan fingerprint density at radius 2 is 2.16 bits per heavy atom. The van der Waals surface area contributed by atoms with Gasteiger partial charge in [-0.25, -0.2) is 4.98 Å². The number of amides is 1. The quantitative estimate of drug-likeness (QED) is 0.867. The van der Waals surface area contributed by atoms with E-state index in [1.165, 1.54) is 6.42 Å². The lowest BCUT2D eigenvalue weighted by atomic mass is 9.92. The highest BCUT2D eigenvalue weighted by molar-refractivity contribution is 6.32. The highest BCUT2D eigenvalue weighted by Crippen LogP contribution is 2.21. The normalized spacial score (nSPS) is 24.2. The van der Waals surface area contributed by atoms with Crippen LogP contribution in [0.5, 0.6) is 0 Å². The molecule has 0 bridgehead atoms. The second kappa shape index (κ2) is 6.35. The van der Waals surface area contributed by atoms with Crippen LogP contribution in [0.2, 0.25) is 5.15 Å². The third kappa shape index (κ3) is 4.18. The molecule has 0 aromatic carbocycles. The number of piperidine rings is 1. The van der Waals surface area contributed by atoms with Gasteiger partial charge in [0.05, 0.1) is 12.2 Å². The summed E-state index contributed by atoms with van der Waals surface area (Å²) in [7, 11) is 0. The van der Waals surface area contributed by atoms with E-state index in [-0.39, 0.29) is 5.91 Å². The van der Waals surface area contributed by atoms with Gasteiger partial charge in [0.25, 0.3) is 0 Å². The Balaban J connectivity index is 1.89. The molecule has 0 radical (unpaired) electrons. The van der Waals surface area contributed by atoms with Crippen LogP contribution < -0.4 is 5.32 Å². The Bertz CT molecular complexity index is 442. The lowest BCUT2D eigenvalue weighted by Gasteiger charge is -2.34. The Labute approximate surface area is 119 Å². The topological polar surface area (TPSA) is 45.2 Å². The monoisotopic (exact) mass is 281 g/mol. The summed E-state index contributed by atoms with van der Waals surface area (Å²) >= 11 is 5.92. The number of hydrogen-bond acceptors (Lipinski definition) is 3. The molecule has 5 heteroatoms. The number of rotatable bonds is 3. The van der Waals surface area contributed by atoms with E-state index >= 15 is 0 Å². The fourth-order valence-electron chi connectivity index (χ4n) is 2.79. The van der Waals surface area contributed by atoms with Crippen molar-refractivity contribution in [2.75, 3.05) is 25.0 Å². The standard InChI is InChI=1S/C14H20ClN3O/c1-10-6-11(2)8-18(7-10)9-13(19)17-12-4-3-5-16-14(12)15/h3-5,10-11H,6-9H2,1-2H3,(H,17,19). The molecule has 2 heterocycles. The van der Waals surface area contributed by atoms with Crippen LogP contribution >= 0.6 is 11.6 Å². The van der Waals surface area contributed by atoms with Crippen molar-refractivity contribution in [3.8, 4) is 0 Å². The maximum absolute atomic E-state index is 12.0. The zero-order chi connectivity index (χ0) is 13.8. The first-order valence-electron chi connectivity index (χ1n) is 6.67. The minimum absolute atomic E-state index is 0.0313. The molecule has 2 rings (SSSR count). The number of nitrogens with zero attached hydrogens (tertiary/aromatic N) is 2. The molecular weight excluding hydrogens is 262 g/mol. The lowest BCUT2D eigenvalue weighted by Crippen LogP contribution is -2.42. The first kappa shape index (κ1) is 14.3. The molecule has 1 N–H and O–H groups in total. The van der Waals surface area contributed by atoms with Crippen molar-refractivity contribution >= 4 is 23.2 Å². The zero-order valence-corrected chi connectivity index (χ0v) is 12.2. The predicted octanol–water partition coefficient (Wildman–Crippen LogP) is 2.65. The molecular formula is C14H20ClN3O. The molecule has 1 amide bonds. The van der Waals surface area contributed by atoms with Gasteiger partial charge in [-0.3, -0.25) is 9.69 Å². The van der Waals surface area contributed by atoms with Crippen LogP contribution in [-0.4, -0.2) is 35.4 Å². The van der Waals surface area contributed by atoms with Crippen LogP contribution in [0.3, 0.4) is 0 Å². The van der Waals surface area contributed by atoms with Crippen molar-refractivity contribution in [3.63, 3.8) is 0 Å². The van der Waals surface area contributed by atoms with Crippen molar-refractivity contribution in [2.24, 2.45) is 11.8 Å². The van der Waals surface area contributed by atoms with E-state index in [1.807, 2.05) is 0 Å². The molecule has 2 atom stereocenters. The van der Waals surface area contributed by atoms with Gasteiger partial charge in [0, 0.05) is 19.3 Å². The number of hydrogen-bond donors (Lipinski definition) is 1. The third-order valence-corrected chi connectivity index (χ3v) is 3.65. The Hall–Kier alpha value is -1.13. The molecule has 104 valence electrons. The number of anilines is 1. The van der Waals surface area contributed by atoms with Crippen molar-refractivity contribution in [1.82, 2.24) is 9.88 Å². The zero-order valence-electron chi connectivity index (χ0n) is 11.4. The van der Waals surface area contributed by atoms with Crippen molar-refractivity contribution < 1.29 is 4.79 Å². The summed E-state index contributed by atoms with van der Waals surface area (Å²) in [6.45, 7) is 6.86. The molecule has 0 saturated carbocycles.